The molecule has 2 aromatic heterocycles. The third-order valence-electron chi connectivity index (χ3n) is 2.56. The number of aryl methyl sites for hydroxylation is 1. The van der Waals surface area contributed by atoms with E-state index in [0.29, 0.717) is 11.3 Å². The second-order valence-corrected chi connectivity index (χ2v) is 4.78. The molecular formula is C13H9N3O3S. The largest absolute Gasteiger partial charge is 0.478 e. The molecule has 0 atom stereocenters. The lowest BCUT2D eigenvalue weighted by Gasteiger charge is -2.05. The Bertz CT molecular complexity index is 731. The highest BCUT2D eigenvalue weighted by Gasteiger charge is 2.16. The zero-order valence-electron chi connectivity index (χ0n) is 10.4. The van der Waals surface area contributed by atoms with Crippen LogP contribution in [0.3, 0.4) is 0 Å². The topological polar surface area (TPSA) is 103 Å². The highest BCUT2D eigenvalue weighted by atomic mass is 32.1. The number of anilines is 1. The van der Waals surface area contributed by atoms with Crippen molar-refractivity contribution in [3.05, 3.63) is 46.1 Å². The first-order valence-corrected chi connectivity index (χ1v) is 6.40. The van der Waals surface area contributed by atoms with E-state index < -0.39 is 11.9 Å². The molecule has 0 spiro atoms. The second-order valence-electron chi connectivity index (χ2n) is 3.86. The minimum Gasteiger partial charge on any atom is -0.478 e. The van der Waals surface area contributed by atoms with Crippen molar-refractivity contribution in [1.82, 2.24) is 4.98 Å². The van der Waals surface area contributed by atoms with E-state index in [-0.39, 0.29) is 16.3 Å². The first-order valence-electron chi connectivity index (χ1n) is 5.53. The molecule has 0 aliphatic carbocycles. The maximum absolute atomic E-state index is 12.0. The van der Waals surface area contributed by atoms with Crippen LogP contribution in [0.4, 0.5) is 5.00 Å². The molecule has 0 saturated carbocycles. The monoisotopic (exact) mass is 287 g/mol. The molecule has 0 fully saturated rings. The average Bonchev–Trinajstić information content (AvgIpc) is 2.86. The van der Waals surface area contributed by atoms with Gasteiger partial charge in [0, 0.05) is 0 Å². The molecule has 0 bridgehead atoms. The summed E-state index contributed by atoms with van der Waals surface area (Å²) < 4.78 is 0. The number of nitriles is 1. The first kappa shape index (κ1) is 13.7. The normalized spacial score (nSPS) is 9.80. The van der Waals surface area contributed by atoms with E-state index in [0.717, 1.165) is 11.3 Å². The molecule has 0 aromatic carbocycles. The van der Waals surface area contributed by atoms with E-state index in [4.69, 9.17) is 10.4 Å². The molecule has 6 nitrogen and oxygen atoms in total. The van der Waals surface area contributed by atoms with Crippen LogP contribution in [0, 0.1) is 18.3 Å². The number of thiophene rings is 1. The lowest BCUT2D eigenvalue weighted by atomic mass is 10.2. The summed E-state index contributed by atoms with van der Waals surface area (Å²) in [5.41, 5.74) is 1.01. The Hall–Kier alpha value is -2.72. The molecule has 2 N–H and O–H groups in total. The van der Waals surface area contributed by atoms with Crippen LogP contribution < -0.4 is 5.32 Å². The smallest absolute Gasteiger partial charge is 0.338 e. The quantitative estimate of drug-likeness (QED) is 0.901. The molecule has 0 aliphatic heterocycles. The van der Waals surface area contributed by atoms with E-state index in [1.54, 1.807) is 12.3 Å². The van der Waals surface area contributed by atoms with Crippen molar-refractivity contribution in [2.45, 2.75) is 6.92 Å². The van der Waals surface area contributed by atoms with Gasteiger partial charge in [0.2, 0.25) is 0 Å². The van der Waals surface area contributed by atoms with Crippen LogP contribution in [-0.2, 0) is 0 Å². The fourth-order valence-corrected chi connectivity index (χ4v) is 2.32. The van der Waals surface area contributed by atoms with Gasteiger partial charge in [0.25, 0.3) is 5.91 Å². The molecular weight excluding hydrogens is 278 g/mol. The van der Waals surface area contributed by atoms with Gasteiger partial charge in [-0.1, -0.05) is 0 Å². The Kier molecular flexibility index (Phi) is 3.77. The third-order valence-corrected chi connectivity index (χ3v) is 3.39. The first-order chi connectivity index (χ1) is 9.52. The summed E-state index contributed by atoms with van der Waals surface area (Å²) in [6.45, 7) is 1.63. The summed E-state index contributed by atoms with van der Waals surface area (Å²) in [6.07, 6.45) is 0. The number of carbonyl (C=O) groups excluding carboxylic acids is 1. The lowest BCUT2D eigenvalue weighted by Crippen LogP contribution is -2.15. The SMILES string of the molecule is Cc1nc(C(=O)Nc2sccc2C(=O)O)ccc1C#N. The van der Waals surface area contributed by atoms with Crippen molar-refractivity contribution in [1.29, 1.82) is 5.26 Å². The lowest BCUT2D eigenvalue weighted by molar-refractivity contribution is 0.0698. The zero-order chi connectivity index (χ0) is 14.7. The van der Waals surface area contributed by atoms with Crippen LogP contribution >= 0.6 is 11.3 Å². The summed E-state index contributed by atoms with van der Waals surface area (Å²) in [4.78, 5) is 27.0. The van der Waals surface area contributed by atoms with Gasteiger partial charge in [0.05, 0.1) is 16.8 Å². The van der Waals surface area contributed by atoms with Gasteiger partial charge in [0.1, 0.15) is 16.8 Å². The number of aromatic nitrogens is 1. The fourth-order valence-electron chi connectivity index (χ4n) is 1.55. The van der Waals surface area contributed by atoms with Crippen LogP contribution in [0.2, 0.25) is 0 Å². The van der Waals surface area contributed by atoms with Crippen molar-refractivity contribution in [2.24, 2.45) is 0 Å². The second kappa shape index (κ2) is 5.50. The summed E-state index contributed by atoms with van der Waals surface area (Å²) in [7, 11) is 0. The highest BCUT2D eigenvalue weighted by molar-refractivity contribution is 7.14. The molecule has 20 heavy (non-hydrogen) atoms. The van der Waals surface area contributed by atoms with Crippen molar-refractivity contribution in [3.8, 4) is 6.07 Å². The number of pyridine rings is 1. The zero-order valence-corrected chi connectivity index (χ0v) is 11.2. The van der Waals surface area contributed by atoms with Gasteiger partial charge in [-0.25, -0.2) is 9.78 Å². The molecule has 0 aliphatic rings. The van der Waals surface area contributed by atoms with E-state index in [1.807, 2.05) is 6.07 Å². The van der Waals surface area contributed by atoms with Gasteiger partial charge >= 0.3 is 5.97 Å². The maximum Gasteiger partial charge on any atom is 0.338 e. The van der Waals surface area contributed by atoms with Gasteiger partial charge in [-0.3, -0.25) is 4.79 Å². The average molecular weight is 287 g/mol. The number of nitrogens with zero attached hydrogens (tertiary/aromatic N) is 2. The highest BCUT2D eigenvalue weighted by Crippen LogP contribution is 2.23. The standard InChI is InChI=1S/C13H9N3O3S/c1-7-8(6-14)2-3-10(15-7)11(17)16-12-9(13(18)19)4-5-20-12/h2-5H,1H3,(H,16,17)(H,18,19). The molecule has 7 heteroatoms. The third kappa shape index (κ3) is 2.65. The minimum absolute atomic E-state index is 0.0358. The number of rotatable bonds is 3. The number of carboxylic acid groups (broad SMARTS) is 1. The van der Waals surface area contributed by atoms with Crippen LogP contribution in [0.25, 0.3) is 0 Å². The van der Waals surface area contributed by atoms with Crippen molar-refractivity contribution >= 4 is 28.2 Å². The van der Waals surface area contributed by atoms with Gasteiger partial charge in [-0.2, -0.15) is 5.26 Å². The van der Waals surface area contributed by atoms with Gasteiger partial charge in [-0.15, -0.1) is 11.3 Å². The number of aromatic carboxylic acids is 1. The molecule has 2 rings (SSSR count). The number of hydrogen-bond donors (Lipinski definition) is 2. The summed E-state index contributed by atoms with van der Waals surface area (Å²) in [6, 6.07) is 6.31. The Morgan fingerprint density at radius 3 is 2.75 bits per heavy atom. The molecule has 1 amide bonds. The molecule has 2 heterocycles. The molecule has 0 unspecified atom stereocenters. The minimum atomic E-state index is -1.11. The van der Waals surface area contributed by atoms with Crippen molar-refractivity contribution < 1.29 is 14.7 Å². The fraction of sp³-hybridized carbons (Fsp3) is 0.0769. The van der Waals surface area contributed by atoms with Crippen molar-refractivity contribution in [3.63, 3.8) is 0 Å². The summed E-state index contributed by atoms with van der Waals surface area (Å²) in [5.74, 6) is -1.62. The van der Waals surface area contributed by atoms with E-state index in [9.17, 15) is 9.59 Å². The summed E-state index contributed by atoms with van der Waals surface area (Å²) >= 11 is 1.12. The molecule has 0 radical (unpaired) electrons. The number of amides is 1. The van der Waals surface area contributed by atoms with E-state index in [1.165, 1.54) is 18.2 Å². The van der Waals surface area contributed by atoms with E-state index in [2.05, 4.69) is 10.3 Å². The molecule has 2 aromatic rings. The molecule has 0 saturated heterocycles. The number of carbonyl (C=O) groups is 2. The van der Waals surface area contributed by atoms with Crippen LogP contribution in [0.15, 0.2) is 23.6 Å². The van der Waals surface area contributed by atoms with Gasteiger partial charge in [-0.05, 0) is 30.5 Å². The van der Waals surface area contributed by atoms with Gasteiger partial charge in [0.15, 0.2) is 0 Å². The predicted molar refractivity (Wildman–Crippen MR) is 72.9 cm³/mol. The van der Waals surface area contributed by atoms with Crippen LogP contribution in [-0.4, -0.2) is 22.0 Å². The molecule has 100 valence electrons. The Morgan fingerprint density at radius 1 is 1.40 bits per heavy atom. The Morgan fingerprint density at radius 2 is 2.15 bits per heavy atom. The maximum atomic E-state index is 12.0. The summed E-state index contributed by atoms with van der Waals surface area (Å²) in [5, 5.41) is 22.1. The van der Waals surface area contributed by atoms with Crippen molar-refractivity contribution in [2.75, 3.05) is 5.32 Å². The predicted octanol–water partition coefficient (Wildman–Crippen LogP) is 2.27. The van der Waals surface area contributed by atoms with E-state index >= 15 is 0 Å². The number of carboxylic acids is 1. The number of nitrogens with one attached hydrogen (secondary N) is 1. The number of hydrogen-bond acceptors (Lipinski definition) is 5. The van der Waals surface area contributed by atoms with Gasteiger partial charge < -0.3 is 10.4 Å². The Balaban J connectivity index is 2.25. The Labute approximate surface area is 118 Å². The van der Waals surface area contributed by atoms with Crippen LogP contribution in [0.5, 0.6) is 0 Å². The van der Waals surface area contributed by atoms with Crippen LogP contribution in [0.1, 0.15) is 32.1 Å².